The predicted molar refractivity (Wildman–Crippen MR) is 169 cm³/mol. The van der Waals surface area contributed by atoms with Crippen molar-refractivity contribution < 1.29 is 28.6 Å². The first kappa shape index (κ1) is 33.9. The van der Waals surface area contributed by atoms with Gasteiger partial charge in [0, 0.05) is 42.2 Å². The molecule has 43 heavy (non-hydrogen) atoms. The predicted octanol–water partition coefficient (Wildman–Crippen LogP) is 6.42. The molecule has 0 saturated carbocycles. The maximum absolute atomic E-state index is 13.2. The molecule has 0 spiro atoms. The van der Waals surface area contributed by atoms with E-state index in [-0.39, 0.29) is 18.4 Å². The van der Waals surface area contributed by atoms with Gasteiger partial charge < -0.3 is 24.2 Å². The first-order valence-electron chi connectivity index (χ1n) is 14.5. The molecule has 3 rings (SSSR count). The van der Waals surface area contributed by atoms with E-state index >= 15 is 0 Å². The van der Waals surface area contributed by atoms with Gasteiger partial charge in [-0.15, -0.1) is 11.6 Å². The highest BCUT2D eigenvalue weighted by Crippen LogP contribution is 2.33. The Kier molecular flexibility index (Phi) is 11.2. The van der Waals surface area contributed by atoms with Crippen LogP contribution in [0.1, 0.15) is 96.8 Å². The Labute approximate surface area is 259 Å². The number of carbonyl (C=O) groups is 3. The molecule has 0 amide bonds. The molecular formula is C33H44ClN3O6. The quantitative estimate of drug-likeness (QED) is 0.162. The topological polar surface area (TPSA) is 123 Å². The summed E-state index contributed by atoms with van der Waals surface area (Å²) in [4.78, 5) is 48.6. The van der Waals surface area contributed by atoms with Gasteiger partial charge in [-0.25, -0.2) is 4.79 Å². The van der Waals surface area contributed by atoms with Crippen molar-refractivity contribution in [3.63, 3.8) is 0 Å². The van der Waals surface area contributed by atoms with E-state index in [1.54, 1.807) is 0 Å². The fourth-order valence-electron chi connectivity index (χ4n) is 5.36. The van der Waals surface area contributed by atoms with Crippen molar-refractivity contribution >= 4 is 41.3 Å². The largest absolute Gasteiger partial charge is 0.469 e. The average Bonchev–Trinajstić information content (AvgIpc) is 3.51. The summed E-state index contributed by atoms with van der Waals surface area (Å²) in [6.07, 6.45) is 4.53. The van der Waals surface area contributed by atoms with Gasteiger partial charge in [-0.3, -0.25) is 14.6 Å². The van der Waals surface area contributed by atoms with Crippen molar-refractivity contribution in [1.29, 1.82) is 0 Å². The van der Waals surface area contributed by atoms with Crippen molar-refractivity contribution in [3.8, 4) is 0 Å². The first-order valence-corrected chi connectivity index (χ1v) is 15.0. The van der Waals surface area contributed by atoms with Crippen LogP contribution in [0, 0.1) is 20.8 Å². The van der Waals surface area contributed by atoms with Crippen molar-refractivity contribution in [3.05, 3.63) is 61.9 Å². The van der Waals surface area contributed by atoms with Gasteiger partial charge in [0.25, 0.3) is 0 Å². The number of methoxy groups -OCH3 is 2. The number of esters is 3. The molecule has 2 aromatic heterocycles. The van der Waals surface area contributed by atoms with Gasteiger partial charge in [-0.1, -0.05) is 0 Å². The molecule has 0 bridgehead atoms. The molecule has 2 aromatic rings. The summed E-state index contributed by atoms with van der Waals surface area (Å²) in [7, 11) is 2.75. The van der Waals surface area contributed by atoms with Crippen LogP contribution in [-0.2, 0) is 43.1 Å². The molecule has 2 N–H and O–H groups in total. The number of rotatable bonds is 12. The Morgan fingerprint density at radius 1 is 0.884 bits per heavy atom. The Hall–Kier alpha value is -3.59. The van der Waals surface area contributed by atoms with Gasteiger partial charge in [-0.05, 0) is 107 Å². The summed E-state index contributed by atoms with van der Waals surface area (Å²) in [5.74, 6) is -0.617. The lowest BCUT2D eigenvalue weighted by atomic mass is 9.97. The zero-order valence-electron chi connectivity index (χ0n) is 26.8. The fourth-order valence-corrected chi connectivity index (χ4v) is 5.55. The third-order valence-corrected chi connectivity index (χ3v) is 7.93. The molecule has 0 atom stereocenters. The number of H-pyrrole nitrogens is 2. The highest BCUT2D eigenvalue weighted by atomic mass is 35.5. The number of aromatic amines is 2. The lowest BCUT2D eigenvalue weighted by Crippen LogP contribution is -2.25. The van der Waals surface area contributed by atoms with Crippen LogP contribution in [0.2, 0.25) is 0 Å². The Bertz CT molecular complexity index is 1480. The van der Waals surface area contributed by atoms with E-state index in [9.17, 15) is 14.4 Å². The molecule has 9 nitrogen and oxygen atoms in total. The monoisotopic (exact) mass is 613 g/mol. The average molecular weight is 614 g/mol. The van der Waals surface area contributed by atoms with Crippen LogP contribution >= 0.6 is 11.6 Å². The zero-order valence-corrected chi connectivity index (χ0v) is 27.6. The van der Waals surface area contributed by atoms with Gasteiger partial charge in [0.15, 0.2) is 0 Å². The fraction of sp³-hybridized carbons (Fsp3) is 0.515. The number of carbonyl (C=O) groups excluding carboxylic acids is 3. The summed E-state index contributed by atoms with van der Waals surface area (Å²) in [6.45, 7) is 13.5. The van der Waals surface area contributed by atoms with Crippen LogP contribution in [0.4, 0.5) is 0 Å². The number of nitrogens with zero attached hydrogens (tertiary/aromatic N) is 1. The van der Waals surface area contributed by atoms with E-state index in [0.29, 0.717) is 43.7 Å². The van der Waals surface area contributed by atoms with Crippen LogP contribution in [0.3, 0.4) is 0 Å². The summed E-state index contributed by atoms with van der Waals surface area (Å²) in [5.41, 5.74) is 10.1. The molecule has 1 aliphatic heterocycles. The molecular weight excluding hydrogens is 570 g/mol. The number of alkyl halides is 1. The van der Waals surface area contributed by atoms with E-state index in [4.69, 9.17) is 30.8 Å². The van der Waals surface area contributed by atoms with E-state index < -0.39 is 11.6 Å². The van der Waals surface area contributed by atoms with Crippen molar-refractivity contribution in [2.75, 3.05) is 20.1 Å². The van der Waals surface area contributed by atoms with Crippen LogP contribution in [0.25, 0.3) is 6.08 Å². The summed E-state index contributed by atoms with van der Waals surface area (Å²) >= 11 is 6.23. The van der Waals surface area contributed by atoms with Crippen LogP contribution in [0.15, 0.2) is 21.8 Å². The number of ether oxygens (including phenoxy) is 3. The molecule has 0 fully saturated rings. The van der Waals surface area contributed by atoms with E-state index in [1.165, 1.54) is 14.2 Å². The first-order chi connectivity index (χ1) is 20.2. The molecule has 0 saturated heterocycles. The van der Waals surface area contributed by atoms with Gasteiger partial charge in [0.05, 0.1) is 25.6 Å². The van der Waals surface area contributed by atoms with E-state index in [0.717, 1.165) is 61.9 Å². The van der Waals surface area contributed by atoms with Crippen molar-refractivity contribution in [2.45, 2.75) is 92.6 Å². The second-order valence-corrected chi connectivity index (χ2v) is 12.2. The smallest absolute Gasteiger partial charge is 0.355 e. The highest BCUT2D eigenvalue weighted by Gasteiger charge is 2.28. The molecule has 1 aliphatic rings. The second kappa shape index (κ2) is 14.3. The molecule has 0 aromatic carbocycles. The minimum absolute atomic E-state index is 0.144. The van der Waals surface area contributed by atoms with Gasteiger partial charge >= 0.3 is 17.9 Å². The molecule has 234 valence electrons. The second-order valence-electron chi connectivity index (χ2n) is 11.8. The Morgan fingerprint density at radius 2 is 1.49 bits per heavy atom. The Morgan fingerprint density at radius 3 is 2.05 bits per heavy atom. The van der Waals surface area contributed by atoms with Gasteiger partial charge in [0.2, 0.25) is 0 Å². The van der Waals surface area contributed by atoms with Crippen LogP contribution in [0.5, 0.6) is 0 Å². The van der Waals surface area contributed by atoms with Gasteiger partial charge in [0.1, 0.15) is 11.3 Å². The normalized spacial score (nSPS) is 14.4. The number of halogens is 1. The minimum atomic E-state index is -0.675. The number of aromatic nitrogens is 2. The maximum atomic E-state index is 13.2. The minimum Gasteiger partial charge on any atom is -0.469 e. The molecule has 10 heteroatoms. The lowest BCUT2D eigenvalue weighted by Gasteiger charge is -2.19. The van der Waals surface area contributed by atoms with Gasteiger partial charge in [-0.2, -0.15) is 0 Å². The van der Waals surface area contributed by atoms with Crippen LogP contribution in [-0.4, -0.2) is 59.3 Å². The zero-order chi connectivity index (χ0) is 32.1. The number of allylic oxidation sites excluding steroid dienone is 2. The number of hydrogen-bond acceptors (Lipinski definition) is 7. The summed E-state index contributed by atoms with van der Waals surface area (Å²) in [6, 6.07) is 0. The third kappa shape index (κ3) is 8.28. The molecule has 0 aliphatic carbocycles. The summed E-state index contributed by atoms with van der Waals surface area (Å²) in [5, 5.41) is 0. The molecule has 0 radical (unpaired) electrons. The van der Waals surface area contributed by atoms with Crippen molar-refractivity contribution in [1.82, 2.24) is 9.97 Å². The number of aliphatic imine (C=N–C) groups is 1. The molecule has 3 heterocycles. The van der Waals surface area contributed by atoms with Crippen LogP contribution < -0.4 is 0 Å². The Balaban J connectivity index is 2.00. The van der Waals surface area contributed by atoms with Crippen molar-refractivity contribution in [2.24, 2.45) is 4.99 Å². The third-order valence-electron chi connectivity index (χ3n) is 7.74. The SMILES string of the molecule is COC(=O)CCc1c(C)[nH]c(/C=C2\N=C(Cc3[nH]c(C(=O)OC(C)(C)C)c(CCC(=O)OC)c3C)C(CCCl)=C2C)c1C. The number of hydrogen-bond donors (Lipinski definition) is 2. The highest BCUT2D eigenvalue weighted by molar-refractivity contribution is 6.18. The lowest BCUT2D eigenvalue weighted by molar-refractivity contribution is -0.141. The number of nitrogens with one attached hydrogen (secondary N) is 2. The van der Waals surface area contributed by atoms with E-state index in [2.05, 4.69) is 9.97 Å². The van der Waals surface area contributed by atoms with E-state index in [1.807, 2.05) is 54.5 Å². The maximum Gasteiger partial charge on any atom is 0.355 e. The summed E-state index contributed by atoms with van der Waals surface area (Å²) < 4.78 is 15.3. The molecule has 0 unspecified atom stereocenters. The number of aryl methyl sites for hydroxylation is 1. The standard InChI is InChI=1S/C33H44ClN3O6/c1-18-22(10-12-29(38)41-8)21(4)35-25(18)16-26-19(2)23(14-15-34)28(36-26)17-27-20(3)24(11-13-30(39)42-9)31(37-27)32(40)43-33(5,6)7/h16,35,37H,10-15,17H2,1-9H3/b26-16-.